The fourth-order valence-corrected chi connectivity index (χ4v) is 0.941. The van der Waals surface area contributed by atoms with Gasteiger partial charge in [0.1, 0.15) is 12.2 Å². The van der Waals surface area contributed by atoms with Crippen LogP contribution >= 0.6 is 11.8 Å². The van der Waals surface area contributed by atoms with E-state index in [9.17, 15) is 0 Å². The highest BCUT2D eigenvalue weighted by atomic mass is 32.2. The molecule has 0 bridgehead atoms. The summed E-state index contributed by atoms with van der Waals surface area (Å²) in [4.78, 5) is 11.5. The molecule has 0 amide bonds. The van der Waals surface area contributed by atoms with Crippen LogP contribution in [0.4, 0.5) is 5.95 Å². The zero-order valence-electron chi connectivity index (χ0n) is 5.61. The molecule has 5 heteroatoms. The number of thioether (sulfide) groups is 1. The van der Waals surface area contributed by atoms with Crippen LogP contribution in [0, 0.1) is 0 Å². The van der Waals surface area contributed by atoms with Crippen LogP contribution in [0.25, 0.3) is 0 Å². The average molecular weight is 156 g/mol. The maximum Gasteiger partial charge on any atom is 0.223 e. The van der Waals surface area contributed by atoms with Gasteiger partial charge in [0.15, 0.2) is 0 Å². The van der Waals surface area contributed by atoms with E-state index in [0.717, 1.165) is 11.6 Å². The Kier molecular flexibility index (Phi) is 2.44. The number of hydrogen-bond donors (Lipinski definition) is 1. The molecule has 0 saturated heterocycles. The summed E-state index contributed by atoms with van der Waals surface area (Å²) in [5, 5.41) is 0. The van der Waals surface area contributed by atoms with Crippen LogP contribution < -0.4 is 5.73 Å². The zero-order valence-corrected chi connectivity index (χ0v) is 6.43. The summed E-state index contributed by atoms with van der Waals surface area (Å²) in [6, 6.07) is 0. The topological polar surface area (TPSA) is 64.7 Å². The Balaban J connectivity index is 2.75. The van der Waals surface area contributed by atoms with Crippen molar-refractivity contribution in [2.45, 2.75) is 5.75 Å². The smallest absolute Gasteiger partial charge is 0.223 e. The summed E-state index contributed by atoms with van der Waals surface area (Å²) < 4.78 is 0. The second-order valence-electron chi connectivity index (χ2n) is 1.69. The molecule has 0 fully saturated rings. The maximum absolute atomic E-state index is 5.32. The quantitative estimate of drug-likeness (QED) is 0.668. The molecule has 0 radical (unpaired) electrons. The van der Waals surface area contributed by atoms with Gasteiger partial charge in [-0.3, -0.25) is 0 Å². The minimum Gasteiger partial charge on any atom is -0.368 e. The van der Waals surface area contributed by atoms with E-state index < -0.39 is 0 Å². The Morgan fingerprint density at radius 2 is 2.40 bits per heavy atom. The Morgan fingerprint density at radius 3 is 3.00 bits per heavy atom. The number of nitrogens with two attached hydrogens (primary N) is 1. The van der Waals surface area contributed by atoms with Crippen molar-refractivity contribution in [3.63, 3.8) is 0 Å². The molecule has 1 aromatic heterocycles. The van der Waals surface area contributed by atoms with E-state index in [1.165, 1.54) is 6.33 Å². The Labute approximate surface area is 63.3 Å². The first-order chi connectivity index (χ1) is 4.83. The van der Waals surface area contributed by atoms with Crippen LogP contribution in [0.1, 0.15) is 5.82 Å². The number of anilines is 1. The van der Waals surface area contributed by atoms with Gasteiger partial charge in [-0.2, -0.15) is 16.7 Å². The van der Waals surface area contributed by atoms with Gasteiger partial charge in [0, 0.05) is 0 Å². The van der Waals surface area contributed by atoms with Gasteiger partial charge >= 0.3 is 0 Å². The molecule has 0 aliphatic rings. The van der Waals surface area contributed by atoms with Crippen molar-refractivity contribution in [1.29, 1.82) is 0 Å². The van der Waals surface area contributed by atoms with E-state index in [1.807, 2.05) is 6.26 Å². The first-order valence-corrected chi connectivity index (χ1v) is 4.14. The van der Waals surface area contributed by atoms with Gasteiger partial charge in [0.05, 0.1) is 5.75 Å². The molecule has 0 aliphatic heterocycles. The third-order valence-electron chi connectivity index (χ3n) is 0.914. The largest absolute Gasteiger partial charge is 0.368 e. The fourth-order valence-electron chi connectivity index (χ4n) is 0.543. The SMILES string of the molecule is CSCc1ncnc(N)n1. The molecule has 0 spiro atoms. The zero-order chi connectivity index (χ0) is 7.40. The summed E-state index contributed by atoms with van der Waals surface area (Å²) in [6.07, 6.45) is 3.41. The molecule has 2 N–H and O–H groups in total. The van der Waals surface area contributed by atoms with Crippen LogP contribution in [-0.2, 0) is 5.75 Å². The van der Waals surface area contributed by atoms with Crippen molar-refractivity contribution in [3.05, 3.63) is 12.2 Å². The molecule has 0 unspecified atom stereocenters. The molecule has 0 aromatic carbocycles. The summed E-state index contributed by atoms with van der Waals surface area (Å²) >= 11 is 1.66. The van der Waals surface area contributed by atoms with Crippen molar-refractivity contribution in [2.24, 2.45) is 0 Å². The highest BCUT2D eigenvalue weighted by Crippen LogP contribution is 2.02. The maximum atomic E-state index is 5.32. The monoisotopic (exact) mass is 156 g/mol. The molecule has 0 saturated carbocycles. The molecular weight excluding hydrogens is 148 g/mol. The van der Waals surface area contributed by atoms with Gasteiger partial charge in [0.2, 0.25) is 5.95 Å². The second kappa shape index (κ2) is 3.36. The number of rotatable bonds is 2. The molecule has 0 aliphatic carbocycles. The average Bonchev–Trinajstić information content (AvgIpc) is 1.88. The van der Waals surface area contributed by atoms with Crippen LogP contribution in [0.2, 0.25) is 0 Å². The Bertz CT molecular complexity index is 215. The molecule has 0 atom stereocenters. The number of nitrogen functional groups attached to an aromatic ring is 1. The van der Waals surface area contributed by atoms with Gasteiger partial charge in [-0.05, 0) is 6.26 Å². The first-order valence-electron chi connectivity index (χ1n) is 2.75. The van der Waals surface area contributed by atoms with Gasteiger partial charge in [0.25, 0.3) is 0 Å². The predicted molar refractivity (Wildman–Crippen MR) is 41.5 cm³/mol. The highest BCUT2D eigenvalue weighted by Gasteiger charge is 1.94. The minimum absolute atomic E-state index is 0.291. The van der Waals surface area contributed by atoms with Crippen molar-refractivity contribution in [3.8, 4) is 0 Å². The lowest BCUT2D eigenvalue weighted by Gasteiger charge is -1.94. The third kappa shape index (κ3) is 1.84. The van der Waals surface area contributed by atoms with Crippen molar-refractivity contribution in [2.75, 3.05) is 12.0 Å². The van der Waals surface area contributed by atoms with E-state index in [-0.39, 0.29) is 0 Å². The van der Waals surface area contributed by atoms with E-state index >= 15 is 0 Å². The van der Waals surface area contributed by atoms with E-state index in [0.29, 0.717) is 5.95 Å². The second-order valence-corrected chi connectivity index (χ2v) is 2.56. The third-order valence-corrected chi connectivity index (χ3v) is 1.46. The van der Waals surface area contributed by atoms with E-state index in [2.05, 4.69) is 15.0 Å². The molecule has 10 heavy (non-hydrogen) atoms. The van der Waals surface area contributed by atoms with Crippen molar-refractivity contribution in [1.82, 2.24) is 15.0 Å². The lowest BCUT2D eigenvalue weighted by molar-refractivity contribution is 0.975. The normalized spacial score (nSPS) is 9.70. The fraction of sp³-hybridized carbons (Fsp3) is 0.400. The summed E-state index contributed by atoms with van der Waals surface area (Å²) in [7, 11) is 0. The van der Waals surface area contributed by atoms with Gasteiger partial charge in [-0.1, -0.05) is 0 Å². The first kappa shape index (κ1) is 7.27. The minimum atomic E-state index is 0.291. The van der Waals surface area contributed by atoms with E-state index in [4.69, 9.17) is 5.73 Å². The van der Waals surface area contributed by atoms with Crippen molar-refractivity contribution >= 4 is 17.7 Å². The molecule has 54 valence electrons. The summed E-state index contributed by atoms with van der Waals surface area (Å²) in [5.41, 5.74) is 5.32. The molecular formula is C5H8N4S. The van der Waals surface area contributed by atoms with Crippen LogP contribution in [0.15, 0.2) is 6.33 Å². The lowest BCUT2D eigenvalue weighted by Crippen LogP contribution is -1.99. The molecule has 4 nitrogen and oxygen atoms in total. The van der Waals surface area contributed by atoms with E-state index in [1.54, 1.807) is 11.8 Å². The summed E-state index contributed by atoms with van der Waals surface area (Å²) in [6.45, 7) is 0. The van der Waals surface area contributed by atoms with Crippen LogP contribution in [0.5, 0.6) is 0 Å². The number of nitrogens with zero attached hydrogens (tertiary/aromatic N) is 3. The highest BCUT2D eigenvalue weighted by molar-refractivity contribution is 7.97. The standard InChI is InChI=1S/C5H8N4S/c1-10-2-4-7-3-8-5(6)9-4/h3H,2H2,1H3,(H2,6,7,8,9). The lowest BCUT2D eigenvalue weighted by atomic mass is 10.7. The Morgan fingerprint density at radius 1 is 1.60 bits per heavy atom. The van der Waals surface area contributed by atoms with Crippen molar-refractivity contribution < 1.29 is 0 Å². The molecule has 1 rings (SSSR count). The Hall–Kier alpha value is -0.840. The van der Waals surface area contributed by atoms with Gasteiger partial charge in [-0.15, -0.1) is 0 Å². The number of hydrogen-bond acceptors (Lipinski definition) is 5. The van der Waals surface area contributed by atoms with Gasteiger partial charge < -0.3 is 5.73 Å². The number of aromatic nitrogens is 3. The summed E-state index contributed by atoms with van der Waals surface area (Å²) in [5.74, 6) is 1.81. The van der Waals surface area contributed by atoms with Crippen LogP contribution in [0.3, 0.4) is 0 Å². The van der Waals surface area contributed by atoms with Gasteiger partial charge in [-0.25, -0.2) is 9.97 Å². The molecule has 1 aromatic rings. The van der Waals surface area contributed by atoms with Crippen LogP contribution in [-0.4, -0.2) is 21.2 Å². The molecule has 1 heterocycles. The predicted octanol–water partition coefficient (Wildman–Crippen LogP) is 0.317.